The van der Waals surface area contributed by atoms with E-state index in [4.69, 9.17) is 16.1 Å². The molecule has 0 spiro atoms. The quantitative estimate of drug-likeness (QED) is 0.912. The molecule has 0 aliphatic carbocycles. The van der Waals surface area contributed by atoms with Crippen LogP contribution in [-0.4, -0.2) is 10.1 Å². The molecule has 0 saturated carbocycles. The van der Waals surface area contributed by atoms with Gasteiger partial charge in [-0.2, -0.15) is 4.98 Å². The van der Waals surface area contributed by atoms with E-state index in [9.17, 15) is 4.39 Å². The zero-order chi connectivity index (χ0) is 12.3. The van der Waals surface area contributed by atoms with E-state index in [1.165, 1.54) is 6.07 Å². The fourth-order valence-corrected chi connectivity index (χ4v) is 1.60. The topological polar surface area (TPSA) is 51.0 Å². The molecule has 0 radical (unpaired) electrons. The summed E-state index contributed by atoms with van der Waals surface area (Å²) in [6.07, 6.45) is 0. The van der Waals surface area contributed by atoms with Gasteiger partial charge < -0.3 is 9.84 Å². The second-order valence-corrected chi connectivity index (χ2v) is 3.96. The molecule has 1 aromatic carbocycles. The van der Waals surface area contributed by atoms with Gasteiger partial charge in [0.2, 0.25) is 5.89 Å². The zero-order valence-electron chi connectivity index (χ0n) is 9.20. The Bertz CT molecular complexity index is 515. The van der Waals surface area contributed by atoms with E-state index in [2.05, 4.69) is 15.5 Å². The van der Waals surface area contributed by atoms with Crippen LogP contribution in [0.2, 0.25) is 5.02 Å². The first kappa shape index (κ1) is 12.0. The number of hydrogen-bond donors (Lipinski definition) is 1. The fraction of sp³-hybridized carbons (Fsp3) is 0.273. The van der Waals surface area contributed by atoms with Crippen LogP contribution in [0.5, 0.6) is 0 Å². The molecule has 1 aromatic heterocycles. The zero-order valence-corrected chi connectivity index (χ0v) is 9.96. The Morgan fingerprint density at radius 1 is 1.41 bits per heavy atom. The van der Waals surface area contributed by atoms with E-state index >= 15 is 0 Å². The summed E-state index contributed by atoms with van der Waals surface area (Å²) in [6.45, 7) is 2.49. The van der Waals surface area contributed by atoms with Crippen LogP contribution in [0.25, 0.3) is 0 Å². The largest absolute Gasteiger partial charge is 0.338 e. The molecule has 4 nitrogen and oxygen atoms in total. The Hall–Kier alpha value is -1.46. The molecule has 1 heterocycles. The Kier molecular flexibility index (Phi) is 3.71. The minimum Gasteiger partial charge on any atom is -0.338 e. The van der Waals surface area contributed by atoms with Crippen molar-refractivity contribution in [1.29, 1.82) is 0 Å². The van der Waals surface area contributed by atoms with Gasteiger partial charge in [-0.3, -0.25) is 0 Å². The number of nitrogens with one attached hydrogen (secondary N) is 1. The molecule has 17 heavy (non-hydrogen) atoms. The highest BCUT2D eigenvalue weighted by molar-refractivity contribution is 6.30. The van der Waals surface area contributed by atoms with Gasteiger partial charge in [0.15, 0.2) is 5.82 Å². The molecule has 90 valence electrons. The number of aromatic nitrogens is 2. The predicted octanol–water partition coefficient (Wildman–Crippen LogP) is 2.46. The van der Waals surface area contributed by atoms with E-state index in [-0.39, 0.29) is 5.02 Å². The summed E-state index contributed by atoms with van der Waals surface area (Å²) in [5, 5.41) is 6.78. The van der Waals surface area contributed by atoms with E-state index in [0.717, 1.165) is 0 Å². The first-order chi connectivity index (χ1) is 8.16. The monoisotopic (exact) mass is 255 g/mol. The number of rotatable bonds is 4. The lowest BCUT2D eigenvalue weighted by atomic mass is 10.2. The van der Waals surface area contributed by atoms with Crippen LogP contribution < -0.4 is 5.32 Å². The van der Waals surface area contributed by atoms with Gasteiger partial charge in [-0.1, -0.05) is 28.9 Å². The third-order valence-corrected chi connectivity index (χ3v) is 2.48. The average molecular weight is 256 g/mol. The van der Waals surface area contributed by atoms with Gasteiger partial charge in [0.1, 0.15) is 5.82 Å². The molecule has 0 atom stereocenters. The summed E-state index contributed by atoms with van der Waals surface area (Å²) in [4.78, 5) is 4.02. The Labute approximate surface area is 103 Å². The van der Waals surface area contributed by atoms with Crippen LogP contribution in [0.1, 0.15) is 17.3 Å². The minimum absolute atomic E-state index is 0.123. The normalized spacial score (nSPS) is 10.8. The van der Waals surface area contributed by atoms with Gasteiger partial charge >= 0.3 is 0 Å². The second-order valence-electron chi connectivity index (χ2n) is 3.55. The number of nitrogens with zero attached hydrogens (tertiary/aromatic N) is 2. The minimum atomic E-state index is -0.400. The molecule has 0 bridgehead atoms. The molecule has 0 amide bonds. The van der Waals surface area contributed by atoms with Crippen molar-refractivity contribution in [3.63, 3.8) is 0 Å². The molecule has 0 aliphatic rings. The molecule has 2 rings (SSSR count). The first-order valence-corrected chi connectivity index (χ1v) is 5.47. The summed E-state index contributed by atoms with van der Waals surface area (Å²) in [5.41, 5.74) is 0.508. The standard InChI is InChI=1S/C11H11ClFN3O/c1-7-15-10(17-16-7)6-14-5-8-3-2-4-9(12)11(8)13/h2-4,14H,5-6H2,1H3. The smallest absolute Gasteiger partial charge is 0.240 e. The lowest BCUT2D eigenvalue weighted by Gasteiger charge is -2.04. The molecule has 2 aromatic rings. The van der Waals surface area contributed by atoms with Gasteiger partial charge in [0.25, 0.3) is 0 Å². The van der Waals surface area contributed by atoms with E-state index in [0.29, 0.717) is 30.4 Å². The summed E-state index contributed by atoms with van der Waals surface area (Å²) >= 11 is 5.67. The van der Waals surface area contributed by atoms with Gasteiger partial charge in [0, 0.05) is 12.1 Å². The Morgan fingerprint density at radius 2 is 2.24 bits per heavy atom. The molecular formula is C11H11ClFN3O. The van der Waals surface area contributed by atoms with Crippen molar-refractivity contribution in [2.75, 3.05) is 0 Å². The van der Waals surface area contributed by atoms with Crippen molar-refractivity contribution in [3.8, 4) is 0 Å². The summed E-state index contributed by atoms with van der Waals surface area (Å²) in [7, 11) is 0. The Morgan fingerprint density at radius 3 is 2.94 bits per heavy atom. The van der Waals surface area contributed by atoms with Crippen LogP contribution in [0.15, 0.2) is 22.7 Å². The third kappa shape index (κ3) is 3.01. The van der Waals surface area contributed by atoms with Crippen LogP contribution in [-0.2, 0) is 13.1 Å². The van der Waals surface area contributed by atoms with Crippen molar-refractivity contribution >= 4 is 11.6 Å². The van der Waals surface area contributed by atoms with E-state index in [1.54, 1.807) is 19.1 Å². The molecule has 0 saturated heterocycles. The van der Waals surface area contributed by atoms with Crippen molar-refractivity contribution in [1.82, 2.24) is 15.5 Å². The molecular weight excluding hydrogens is 245 g/mol. The second kappa shape index (κ2) is 5.25. The Balaban J connectivity index is 1.92. The highest BCUT2D eigenvalue weighted by Gasteiger charge is 2.06. The summed E-state index contributed by atoms with van der Waals surface area (Å²) in [5.74, 6) is 0.657. The van der Waals surface area contributed by atoms with Crippen LogP contribution >= 0.6 is 11.6 Å². The maximum atomic E-state index is 13.5. The SMILES string of the molecule is Cc1noc(CNCc2cccc(Cl)c2F)n1. The first-order valence-electron chi connectivity index (χ1n) is 5.09. The predicted molar refractivity (Wildman–Crippen MR) is 61.0 cm³/mol. The van der Waals surface area contributed by atoms with Crippen molar-refractivity contribution in [2.24, 2.45) is 0 Å². The fourth-order valence-electron chi connectivity index (χ4n) is 1.40. The highest BCUT2D eigenvalue weighted by Crippen LogP contribution is 2.17. The van der Waals surface area contributed by atoms with Crippen LogP contribution in [0.4, 0.5) is 4.39 Å². The van der Waals surface area contributed by atoms with E-state index < -0.39 is 5.82 Å². The number of halogens is 2. The van der Waals surface area contributed by atoms with Crippen LogP contribution in [0.3, 0.4) is 0 Å². The molecule has 0 unspecified atom stereocenters. The number of aryl methyl sites for hydroxylation is 1. The van der Waals surface area contributed by atoms with Gasteiger partial charge in [0.05, 0.1) is 11.6 Å². The van der Waals surface area contributed by atoms with Gasteiger partial charge in [-0.05, 0) is 13.0 Å². The summed E-state index contributed by atoms with van der Waals surface area (Å²) in [6, 6.07) is 4.90. The molecule has 0 aliphatic heterocycles. The van der Waals surface area contributed by atoms with Crippen molar-refractivity contribution in [2.45, 2.75) is 20.0 Å². The lowest BCUT2D eigenvalue weighted by molar-refractivity contribution is 0.363. The average Bonchev–Trinajstić information content (AvgIpc) is 2.70. The van der Waals surface area contributed by atoms with Gasteiger partial charge in [-0.25, -0.2) is 4.39 Å². The van der Waals surface area contributed by atoms with Gasteiger partial charge in [-0.15, -0.1) is 0 Å². The van der Waals surface area contributed by atoms with E-state index in [1.807, 2.05) is 0 Å². The van der Waals surface area contributed by atoms with Crippen molar-refractivity contribution in [3.05, 3.63) is 46.3 Å². The van der Waals surface area contributed by atoms with Crippen LogP contribution in [0, 0.1) is 12.7 Å². The maximum absolute atomic E-state index is 13.5. The third-order valence-electron chi connectivity index (χ3n) is 2.19. The lowest BCUT2D eigenvalue weighted by Crippen LogP contribution is -2.14. The van der Waals surface area contributed by atoms with Crippen molar-refractivity contribution < 1.29 is 8.91 Å². The number of benzene rings is 1. The maximum Gasteiger partial charge on any atom is 0.240 e. The molecule has 1 N–H and O–H groups in total. The summed E-state index contributed by atoms with van der Waals surface area (Å²) < 4.78 is 18.4. The molecule has 0 fully saturated rings. The highest BCUT2D eigenvalue weighted by atomic mass is 35.5. The number of hydrogen-bond acceptors (Lipinski definition) is 4. The molecule has 6 heteroatoms.